The average Bonchev–Trinajstić information content (AvgIpc) is 2.72. The summed E-state index contributed by atoms with van der Waals surface area (Å²) in [5, 5.41) is 0. The highest BCUT2D eigenvalue weighted by Gasteiger charge is 2.15. The van der Waals surface area contributed by atoms with Gasteiger partial charge in [-0.25, -0.2) is 0 Å². The van der Waals surface area contributed by atoms with Crippen LogP contribution in [0.2, 0.25) is 0 Å². The van der Waals surface area contributed by atoms with Gasteiger partial charge in [0, 0.05) is 17.1 Å². The molecule has 0 N–H and O–H groups in total. The zero-order valence-electron chi connectivity index (χ0n) is 16.0. The summed E-state index contributed by atoms with van der Waals surface area (Å²) in [6.45, 7) is 4.38. The van der Waals surface area contributed by atoms with Crippen molar-refractivity contribution in [1.82, 2.24) is 0 Å². The van der Waals surface area contributed by atoms with Gasteiger partial charge in [0.25, 0.3) is 0 Å². The molecule has 3 aromatic rings. The van der Waals surface area contributed by atoms with Crippen molar-refractivity contribution in [3.05, 3.63) is 108 Å². The molecule has 0 bridgehead atoms. The smallest absolute Gasteiger partial charge is 0.0461 e. The molecule has 134 valence electrons. The van der Waals surface area contributed by atoms with E-state index in [0.29, 0.717) is 5.92 Å². The normalized spacial score (nSPS) is 16.1. The molecule has 1 aliphatic rings. The zero-order chi connectivity index (χ0) is 18.6. The van der Waals surface area contributed by atoms with E-state index >= 15 is 0 Å². The number of nitrogens with zero attached hydrogens (tertiary/aromatic N) is 1. The second-order valence-electron chi connectivity index (χ2n) is 7.28. The Bertz CT molecular complexity index is 947. The fraction of sp³-hybridized carbons (Fsp3) is 0.154. The number of anilines is 2. The minimum atomic E-state index is 0.607. The molecule has 1 nitrogen and oxygen atoms in total. The van der Waals surface area contributed by atoms with Gasteiger partial charge in [-0.2, -0.15) is 0 Å². The fourth-order valence-electron chi connectivity index (χ4n) is 3.46. The Morgan fingerprint density at radius 1 is 0.741 bits per heavy atom. The first-order valence-corrected chi connectivity index (χ1v) is 9.61. The summed E-state index contributed by atoms with van der Waals surface area (Å²) in [5.74, 6) is 0.607. The van der Waals surface area contributed by atoms with Crippen LogP contribution in [-0.2, 0) is 0 Å². The summed E-state index contributed by atoms with van der Waals surface area (Å²) in [5.41, 5.74) is 7.39. The lowest BCUT2D eigenvalue weighted by molar-refractivity contribution is 0.728. The van der Waals surface area contributed by atoms with E-state index in [1.165, 1.54) is 33.8 Å². The predicted octanol–water partition coefficient (Wildman–Crippen LogP) is 7.28. The molecule has 1 aliphatic carbocycles. The van der Waals surface area contributed by atoms with Crippen molar-refractivity contribution in [3.63, 3.8) is 0 Å². The maximum atomic E-state index is 2.34. The molecule has 0 saturated carbocycles. The van der Waals surface area contributed by atoms with Crippen LogP contribution in [0.25, 0.3) is 11.1 Å². The Morgan fingerprint density at radius 3 is 1.93 bits per heavy atom. The van der Waals surface area contributed by atoms with E-state index in [2.05, 4.69) is 116 Å². The van der Waals surface area contributed by atoms with Crippen LogP contribution in [0.4, 0.5) is 11.4 Å². The Hall–Kier alpha value is -3.06. The van der Waals surface area contributed by atoms with E-state index in [1.807, 2.05) is 0 Å². The molecule has 1 heteroatoms. The van der Waals surface area contributed by atoms with Gasteiger partial charge >= 0.3 is 0 Å². The first-order valence-electron chi connectivity index (χ1n) is 9.61. The molecule has 4 rings (SSSR count). The molecule has 0 radical (unpaired) electrons. The number of hydrogen-bond acceptors (Lipinski definition) is 1. The van der Waals surface area contributed by atoms with Gasteiger partial charge in [0.2, 0.25) is 0 Å². The van der Waals surface area contributed by atoms with Crippen molar-refractivity contribution in [2.75, 3.05) is 4.90 Å². The third kappa shape index (κ3) is 3.88. The number of hydrogen-bond donors (Lipinski definition) is 0. The van der Waals surface area contributed by atoms with Crippen LogP contribution in [0.15, 0.2) is 103 Å². The zero-order valence-corrected chi connectivity index (χ0v) is 16.0. The van der Waals surface area contributed by atoms with Gasteiger partial charge in [0.15, 0.2) is 0 Å². The summed E-state index contributed by atoms with van der Waals surface area (Å²) in [7, 11) is 0. The lowest BCUT2D eigenvalue weighted by atomic mass is 10.00. The molecule has 0 aromatic heterocycles. The monoisotopic (exact) mass is 351 g/mol. The van der Waals surface area contributed by atoms with Crippen molar-refractivity contribution in [3.8, 4) is 11.1 Å². The summed E-state index contributed by atoms with van der Waals surface area (Å²) < 4.78 is 0. The highest BCUT2D eigenvalue weighted by molar-refractivity contribution is 5.73. The van der Waals surface area contributed by atoms with Crippen molar-refractivity contribution in [1.29, 1.82) is 0 Å². The van der Waals surface area contributed by atoms with E-state index < -0.39 is 0 Å². The Labute approximate surface area is 162 Å². The first-order chi connectivity index (χ1) is 13.2. The van der Waals surface area contributed by atoms with E-state index in [4.69, 9.17) is 0 Å². The second kappa shape index (κ2) is 7.67. The van der Waals surface area contributed by atoms with Crippen LogP contribution in [0, 0.1) is 12.8 Å². The van der Waals surface area contributed by atoms with Gasteiger partial charge in [-0.15, -0.1) is 0 Å². The Balaban J connectivity index is 1.70. The molecule has 1 atom stereocenters. The number of benzene rings is 3. The van der Waals surface area contributed by atoms with Gasteiger partial charge in [0.1, 0.15) is 0 Å². The number of para-hydroxylation sites is 1. The molecular weight excluding hydrogens is 326 g/mol. The highest BCUT2D eigenvalue weighted by atomic mass is 15.1. The van der Waals surface area contributed by atoms with Crippen molar-refractivity contribution >= 4 is 11.4 Å². The maximum absolute atomic E-state index is 2.34. The minimum absolute atomic E-state index is 0.607. The largest absolute Gasteiger partial charge is 0.311 e. The van der Waals surface area contributed by atoms with E-state index in [9.17, 15) is 0 Å². The summed E-state index contributed by atoms with van der Waals surface area (Å²) in [6, 6.07) is 28.2. The standard InChI is InChI=1S/C26H25N/c1-20-8-12-22(13-9-20)23-14-18-26(19-15-23)27(24-6-4-3-5-7-24)25-16-10-21(2)11-17-25/h3-10,12-19,21H,11H2,1-2H3. The van der Waals surface area contributed by atoms with Gasteiger partial charge in [0.05, 0.1) is 0 Å². The number of allylic oxidation sites excluding steroid dienone is 3. The van der Waals surface area contributed by atoms with Gasteiger partial charge in [-0.3, -0.25) is 0 Å². The third-order valence-corrected chi connectivity index (χ3v) is 5.08. The van der Waals surface area contributed by atoms with Crippen molar-refractivity contribution < 1.29 is 0 Å². The maximum Gasteiger partial charge on any atom is 0.0461 e. The highest BCUT2D eigenvalue weighted by Crippen LogP contribution is 2.34. The SMILES string of the molecule is Cc1ccc(-c2ccc(N(C3=CCC(C)C=C3)c3ccccc3)cc2)cc1. The molecule has 0 heterocycles. The topological polar surface area (TPSA) is 3.24 Å². The van der Waals surface area contributed by atoms with E-state index in [-0.39, 0.29) is 0 Å². The van der Waals surface area contributed by atoms with Gasteiger partial charge < -0.3 is 4.90 Å². The number of rotatable bonds is 4. The van der Waals surface area contributed by atoms with Gasteiger partial charge in [-0.1, -0.05) is 79.2 Å². The minimum Gasteiger partial charge on any atom is -0.311 e. The van der Waals surface area contributed by atoms with Crippen molar-refractivity contribution in [2.24, 2.45) is 5.92 Å². The van der Waals surface area contributed by atoms with Crippen LogP contribution in [0.3, 0.4) is 0 Å². The lowest BCUT2D eigenvalue weighted by Gasteiger charge is -2.28. The molecule has 27 heavy (non-hydrogen) atoms. The fourth-order valence-corrected chi connectivity index (χ4v) is 3.46. The van der Waals surface area contributed by atoms with Crippen LogP contribution < -0.4 is 4.90 Å². The van der Waals surface area contributed by atoms with Crippen LogP contribution >= 0.6 is 0 Å². The van der Waals surface area contributed by atoms with E-state index in [1.54, 1.807) is 0 Å². The lowest BCUT2D eigenvalue weighted by Crippen LogP contribution is -2.17. The molecular formula is C26H25N. The van der Waals surface area contributed by atoms with E-state index in [0.717, 1.165) is 6.42 Å². The predicted molar refractivity (Wildman–Crippen MR) is 116 cm³/mol. The molecule has 3 aromatic carbocycles. The number of aryl methyl sites for hydroxylation is 1. The second-order valence-corrected chi connectivity index (χ2v) is 7.28. The summed E-state index contributed by atoms with van der Waals surface area (Å²) in [4.78, 5) is 2.33. The third-order valence-electron chi connectivity index (χ3n) is 5.08. The molecule has 1 unspecified atom stereocenters. The Morgan fingerprint density at radius 2 is 1.33 bits per heavy atom. The van der Waals surface area contributed by atoms with Crippen LogP contribution in [0.1, 0.15) is 18.9 Å². The van der Waals surface area contributed by atoms with Crippen molar-refractivity contribution in [2.45, 2.75) is 20.3 Å². The molecule has 0 fully saturated rings. The van der Waals surface area contributed by atoms with Crippen LogP contribution in [0.5, 0.6) is 0 Å². The van der Waals surface area contributed by atoms with Gasteiger partial charge in [-0.05, 0) is 60.7 Å². The molecule has 0 saturated heterocycles. The molecule has 0 aliphatic heterocycles. The first kappa shape index (κ1) is 17.4. The molecule has 0 spiro atoms. The summed E-state index contributed by atoms with van der Waals surface area (Å²) in [6.07, 6.45) is 7.96. The van der Waals surface area contributed by atoms with Crippen LogP contribution in [-0.4, -0.2) is 0 Å². The Kier molecular flexibility index (Phi) is 4.93. The molecule has 0 amide bonds. The summed E-state index contributed by atoms with van der Waals surface area (Å²) >= 11 is 0. The quantitative estimate of drug-likeness (QED) is 0.477. The average molecular weight is 351 g/mol.